The largest absolute Gasteiger partial charge is 0.395 e. The van der Waals surface area contributed by atoms with Gasteiger partial charge in [0.05, 0.1) is 13.2 Å². The van der Waals surface area contributed by atoms with Crippen molar-refractivity contribution >= 4 is 23.0 Å². The molecule has 1 amide bonds. The van der Waals surface area contributed by atoms with Crippen molar-refractivity contribution < 1.29 is 9.90 Å². The molecule has 194 valence electrons. The lowest BCUT2D eigenvalue weighted by Gasteiger charge is -2.25. The van der Waals surface area contributed by atoms with Crippen molar-refractivity contribution in [3.8, 4) is 11.1 Å². The van der Waals surface area contributed by atoms with E-state index in [1.165, 1.54) is 16.7 Å². The summed E-state index contributed by atoms with van der Waals surface area (Å²) in [6, 6.07) is 12.6. The number of hydrogen-bond acceptors (Lipinski definition) is 5. The fraction of sp³-hybridized carbons (Fsp3) is 0.419. The molecule has 2 aromatic rings. The van der Waals surface area contributed by atoms with Crippen LogP contribution in [-0.2, 0) is 4.79 Å². The highest BCUT2D eigenvalue weighted by Crippen LogP contribution is 2.41. The minimum atomic E-state index is -0.164. The van der Waals surface area contributed by atoms with Crippen LogP contribution in [0.1, 0.15) is 36.8 Å². The van der Waals surface area contributed by atoms with Gasteiger partial charge in [-0.25, -0.2) is 0 Å². The second-order valence-electron chi connectivity index (χ2n) is 10.4. The Hall–Kier alpha value is -3.22. The number of hydrogen-bond donors (Lipinski definition) is 3. The summed E-state index contributed by atoms with van der Waals surface area (Å²) >= 11 is 0. The van der Waals surface area contributed by atoms with Crippen molar-refractivity contribution in [3.63, 3.8) is 0 Å². The summed E-state index contributed by atoms with van der Waals surface area (Å²) in [6.07, 6.45) is 8.70. The van der Waals surface area contributed by atoms with E-state index in [9.17, 15) is 9.90 Å². The number of carbonyl (C=O) groups is 1. The fourth-order valence-corrected chi connectivity index (χ4v) is 5.70. The molecule has 1 atom stereocenters. The van der Waals surface area contributed by atoms with Gasteiger partial charge in [-0.2, -0.15) is 0 Å². The highest BCUT2D eigenvalue weighted by atomic mass is 16.3. The third kappa shape index (κ3) is 5.41. The van der Waals surface area contributed by atoms with Crippen LogP contribution in [0.3, 0.4) is 0 Å². The zero-order valence-electron chi connectivity index (χ0n) is 22.2. The molecule has 6 heteroatoms. The number of anilines is 2. The Morgan fingerprint density at radius 2 is 1.76 bits per heavy atom. The number of amides is 1. The average molecular weight is 499 g/mol. The Morgan fingerprint density at radius 1 is 1.05 bits per heavy atom. The van der Waals surface area contributed by atoms with E-state index in [4.69, 9.17) is 0 Å². The van der Waals surface area contributed by atoms with Crippen LogP contribution in [-0.4, -0.2) is 61.0 Å². The van der Waals surface area contributed by atoms with E-state index >= 15 is 0 Å². The van der Waals surface area contributed by atoms with Crippen molar-refractivity contribution in [2.45, 2.75) is 45.6 Å². The Kier molecular flexibility index (Phi) is 7.58. The van der Waals surface area contributed by atoms with Gasteiger partial charge in [-0.1, -0.05) is 30.3 Å². The Labute approximate surface area is 220 Å². The van der Waals surface area contributed by atoms with Crippen molar-refractivity contribution in [1.29, 1.82) is 0 Å². The molecule has 1 saturated carbocycles. The number of nitrogens with one attached hydrogen (secondary N) is 2. The lowest BCUT2D eigenvalue weighted by molar-refractivity contribution is -0.110. The van der Waals surface area contributed by atoms with Gasteiger partial charge in [0.1, 0.15) is 5.71 Å². The maximum absolute atomic E-state index is 13.5. The van der Waals surface area contributed by atoms with Crippen LogP contribution >= 0.6 is 0 Å². The van der Waals surface area contributed by atoms with Crippen LogP contribution in [0.15, 0.2) is 64.7 Å². The predicted molar refractivity (Wildman–Crippen MR) is 152 cm³/mol. The SMILES string of the molecule is CNc1cccc(-c2cccc(NC(=O)C3=NCC=C(CN4CCC[C@@H]4CO)C(C4CC4)=C3)c2C)c1C. The van der Waals surface area contributed by atoms with Crippen LogP contribution in [0, 0.1) is 19.8 Å². The number of aliphatic hydroxyl groups excluding tert-OH is 1. The van der Waals surface area contributed by atoms with E-state index in [2.05, 4.69) is 64.7 Å². The molecule has 2 heterocycles. The van der Waals surface area contributed by atoms with Crippen molar-refractivity contribution in [2.75, 3.05) is 43.9 Å². The lowest BCUT2D eigenvalue weighted by atomic mass is 9.94. The van der Waals surface area contributed by atoms with E-state index in [0.29, 0.717) is 18.2 Å². The van der Waals surface area contributed by atoms with Crippen molar-refractivity contribution in [1.82, 2.24) is 4.90 Å². The van der Waals surface area contributed by atoms with E-state index in [1.807, 2.05) is 25.3 Å². The lowest BCUT2D eigenvalue weighted by Crippen LogP contribution is -2.34. The third-order valence-corrected chi connectivity index (χ3v) is 8.07. The molecule has 2 fully saturated rings. The standard InChI is InChI=1S/C31H38N4O2/c1-20-25(8-4-10-28(20)32-3)26-9-5-11-29(21(26)2)34-31(37)30-17-27(22-12-13-22)23(14-15-33-30)18-35-16-6-7-24(35)19-36/h4-5,8-11,14,17,22,24,32,36H,6-7,12-13,15-16,18-19H2,1-3H3,(H,34,37)/t24-/m1/s1. The van der Waals surface area contributed by atoms with Gasteiger partial charge in [0, 0.05) is 31.0 Å². The summed E-state index contributed by atoms with van der Waals surface area (Å²) in [7, 11) is 1.93. The summed E-state index contributed by atoms with van der Waals surface area (Å²) in [5.41, 5.74) is 9.40. The minimum Gasteiger partial charge on any atom is -0.395 e. The zero-order chi connectivity index (χ0) is 25.9. The Morgan fingerprint density at radius 3 is 2.43 bits per heavy atom. The molecule has 2 aliphatic heterocycles. The van der Waals surface area contributed by atoms with Crippen LogP contribution < -0.4 is 10.6 Å². The average Bonchev–Trinajstić information content (AvgIpc) is 3.67. The third-order valence-electron chi connectivity index (χ3n) is 8.07. The van der Waals surface area contributed by atoms with E-state index in [-0.39, 0.29) is 18.6 Å². The Balaban J connectivity index is 1.37. The highest BCUT2D eigenvalue weighted by Gasteiger charge is 2.32. The monoisotopic (exact) mass is 498 g/mol. The molecule has 1 saturated heterocycles. The summed E-state index contributed by atoms with van der Waals surface area (Å²) in [5, 5.41) is 16.2. The summed E-state index contributed by atoms with van der Waals surface area (Å²) in [4.78, 5) is 20.5. The quantitative estimate of drug-likeness (QED) is 0.472. The second-order valence-corrected chi connectivity index (χ2v) is 10.4. The van der Waals surface area contributed by atoms with Crippen molar-refractivity contribution in [2.24, 2.45) is 10.9 Å². The molecule has 0 unspecified atom stereocenters. The summed E-state index contributed by atoms with van der Waals surface area (Å²) in [6.45, 7) is 6.72. The number of benzene rings is 2. The number of aliphatic imine (C=N–C) groups is 1. The van der Waals surface area contributed by atoms with E-state index in [1.54, 1.807) is 0 Å². The smallest absolute Gasteiger partial charge is 0.273 e. The van der Waals surface area contributed by atoms with Crippen LogP contribution in [0.5, 0.6) is 0 Å². The predicted octanol–water partition coefficient (Wildman–Crippen LogP) is 5.12. The van der Waals surface area contributed by atoms with Gasteiger partial charge in [0.15, 0.2) is 0 Å². The first kappa shape index (κ1) is 25.4. The van der Waals surface area contributed by atoms with Gasteiger partial charge in [0.25, 0.3) is 5.91 Å². The van der Waals surface area contributed by atoms with Gasteiger partial charge in [-0.3, -0.25) is 14.7 Å². The molecule has 37 heavy (non-hydrogen) atoms. The molecule has 3 aliphatic rings. The molecule has 0 aromatic heterocycles. The van der Waals surface area contributed by atoms with E-state index in [0.717, 1.165) is 66.8 Å². The first-order valence-corrected chi connectivity index (χ1v) is 13.5. The van der Waals surface area contributed by atoms with Crippen molar-refractivity contribution in [3.05, 3.63) is 70.8 Å². The van der Waals surface area contributed by atoms with Gasteiger partial charge in [-0.05, 0) is 104 Å². The second kappa shape index (κ2) is 11.0. The van der Waals surface area contributed by atoms with Gasteiger partial charge in [0.2, 0.25) is 0 Å². The fourth-order valence-electron chi connectivity index (χ4n) is 5.70. The first-order chi connectivity index (χ1) is 18.0. The summed E-state index contributed by atoms with van der Waals surface area (Å²) in [5.74, 6) is 0.341. The summed E-state index contributed by atoms with van der Waals surface area (Å²) < 4.78 is 0. The molecule has 1 aliphatic carbocycles. The van der Waals surface area contributed by atoms with Crippen LogP contribution in [0.25, 0.3) is 11.1 Å². The normalized spacial score (nSPS) is 20.1. The van der Waals surface area contributed by atoms with E-state index < -0.39 is 0 Å². The van der Waals surface area contributed by atoms with Gasteiger partial charge in [-0.15, -0.1) is 0 Å². The molecule has 2 aromatic carbocycles. The van der Waals surface area contributed by atoms with Crippen LogP contribution in [0.2, 0.25) is 0 Å². The molecular formula is C31H38N4O2. The number of nitrogens with zero attached hydrogens (tertiary/aromatic N) is 2. The zero-order valence-corrected chi connectivity index (χ0v) is 22.2. The number of carbonyl (C=O) groups excluding carboxylic acids is 1. The molecule has 3 N–H and O–H groups in total. The van der Waals surface area contributed by atoms with Gasteiger partial charge >= 0.3 is 0 Å². The molecule has 0 radical (unpaired) electrons. The number of aliphatic hydroxyl groups is 1. The maximum Gasteiger partial charge on any atom is 0.273 e. The molecule has 6 nitrogen and oxygen atoms in total. The molecule has 0 spiro atoms. The van der Waals surface area contributed by atoms with Crippen LogP contribution in [0.4, 0.5) is 11.4 Å². The first-order valence-electron chi connectivity index (χ1n) is 13.5. The maximum atomic E-state index is 13.5. The topological polar surface area (TPSA) is 77.0 Å². The molecule has 5 rings (SSSR count). The molecule has 0 bridgehead atoms. The minimum absolute atomic E-state index is 0.164. The number of likely N-dealkylation sites (tertiary alicyclic amines) is 1. The van der Waals surface area contributed by atoms with Gasteiger partial charge < -0.3 is 15.7 Å². The molecular weight excluding hydrogens is 460 g/mol. The highest BCUT2D eigenvalue weighted by molar-refractivity contribution is 6.47. The Bertz CT molecular complexity index is 1270. The number of rotatable bonds is 8.